The molecule has 0 atom stereocenters. The molecule has 0 N–H and O–H groups in total. The summed E-state index contributed by atoms with van der Waals surface area (Å²) in [6.45, 7) is 0.240. The molecule has 1 heterocycles. The summed E-state index contributed by atoms with van der Waals surface area (Å²) in [6.07, 6.45) is 1.62. The van der Waals surface area contributed by atoms with Crippen LogP contribution in [0, 0.1) is 11.3 Å². The molecule has 0 amide bonds. The Labute approximate surface area is 163 Å². The lowest BCUT2D eigenvalue weighted by molar-refractivity contribution is 0.397. The number of sulfonamides is 1. The Balaban J connectivity index is 1.98. The predicted octanol–water partition coefficient (Wildman–Crippen LogP) is 4.00. The van der Waals surface area contributed by atoms with Crippen molar-refractivity contribution in [1.29, 1.82) is 5.26 Å². The molecule has 0 saturated heterocycles. The average Bonchev–Trinajstić information content (AvgIpc) is 2.69. The Morgan fingerprint density at radius 3 is 2.30 bits per heavy atom. The van der Waals surface area contributed by atoms with Gasteiger partial charge in [-0.15, -0.1) is 0 Å². The van der Waals surface area contributed by atoms with Crippen molar-refractivity contribution in [2.45, 2.75) is 18.0 Å². The number of rotatable bonds is 6. The molecule has 0 unspecified atom stereocenters. The zero-order chi connectivity index (χ0) is 19.3. The molecule has 0 saturated carbocycles. The van der Waals surface area contributed by atoms with Gasteiger partial charge in [-0.1, -0.05) is 41.9 Å². The zero-order valence-electron chi connectivity index (χ0n) is 14.3. The molecule has 0 spiro atoms. The van der Waals surface area contributed by atoms with E-state index in [2.05, 4.69) is 11.1 Å². The van der Waals surface area contributed by atoms with E-state index in [4.69, 9.17) is 16.9 Å². The van der Waals surface area contributed by atoms with Gasteiger partial charge in [0.1, 0.15) is 4.90 Å². The number of nitrogens with zero attached hydrogens (tertiary/aromatic N) is 3. The average molecular weight is 398 g/mol. The van der Waals surface area contributed by atoms with Crippen molar-refractivity contribution in [3.63, 3.8) is 0 Å². The van der Waals surface area contributed by atoms with Gasteiger partial charge in [0.25, 0.3) is 0 Å². The highest BCUT2D eigenvalue weighted by atomic mass is 35.5. The molecule has 2 aromatic carbocycles. The summed E-state index contributed by atoms with van der Waals surface area (Å²) < 4.78 is 27.8. The third-order valence-corrected chi connectivity index (χ3v) is 6.25. The van der Waals surface area contributed by atoms with Crippen molar-refractivity contribution in [2.75, 3.05) is 0 Å². The standard InChI is InChI=1S/C20H16ClN3O2S/c21-19-6-1-2-7-20(19)27(25,26)24(15-18-5-3-4-12-23-18)14-17-10-8-16(13-22)9-11-17/h1-12H,14-15H2. The molecule has 0 aliphatic rings. The van der Waals surface area contributed by atoms with Crippen molar-refractivity contribution in [3.8, 4) is 6.07 Å². The topological polar surface area (TPSA) is 74.1 Å². The molecular formula is C20H16ClN3O2S. The largest absolute Gasteiger partial charge is 0.260 e. The lowest BCUT2D eigenvalue weighted by atomic mass is 10.1. The maximum absolute atomic E-state index is 13.2. The van der Waals surface area contributed by atoms with Gasteiger partial charge in [-0.3, -0.25) is 4.98 Å². The Kier molecular flexibility index (Phi) is 5.87. The normalized spacial score (nSPS) is 11.3. The SMILES string of the molecule is N#Cc1ccc(CN(Cc2ccccn2)S(=O)(=O)c2ccccc2Cl)cc1. The van der Waals surface area contributed by atoms with Crippen molar-refractivity contribution < 1.29 is 8.42 Å². The van der Waals surface area contributed by atoms with Crippen molar-refractivity contribution in [2.24, 2.45) is 0 Å². The lowest BCUT2D eigenvalue weighted by Gasteiger charge is -2.22. The van der Waals surface area contributed by atoms with Gasteiger partial charge >= 0.3 is 0 Å². The quantitative estimate of drug-likeness (QED) is 0.630. The van der Waals surface area contributed by atoms with E-state index in [-0.39, 0.29) is 23.0 Å². The molecule has 27 heavy (non-hydrogen) atoms. The van der Waals surface area contributed by atoms with Crippen LogP contribution in [-0.2, 0) is 23.1 Å². The van der Waals surface area contributed by atoms with Gasteiger partial charge in [-0.25, -0.2) is 8.42 Å². The van der Waals surface area contributed by atoms with E-state index in [0.29, 0.717) is 11.3 Å². The third kappa shape index (κ3) is 4.52. The molecule has 3 aromatic rings. The zero-order valence-corrected chi connectivity index (χ0v) is 15.9. The first-order chi connectivity index (χ1) is 13.0. The maximum atomic E-state index is 13.2. The summed E-state index contributed by atoms with van der Waals surface area (Å²) in [4.78, 5) is 4.29. The van der Waals surface area contributed by atoms with Crippen molar-refractivity contribution in [3.05, 3.63) is 94.8 Å². The molecule has 7 heteroatoms. The molecule has 0 aliphatic heterocycles. The van der Waals surface area contributed by atoms with Crippen LogP contribution in [0.3, 0.4) is 0 Å². The molecule has 3 rings (SSSR count). The second kappa shape index (κ2) is 8.31. The van der Waals surface area contributed by atoms with Gasteiger partial charge in [-0.05, 0) is 42.0 Å². The van der Waals surface area contributed by atoms with E-state index in [1.807, 2.05) is 6.07 Å². The van der Waals surface area contributed by atoms with Crippen molar-refractivity contribution >= 4 is 21.6 Å². The summed E-state index contributed by atoms with van der Waals surface area (Å²) in [5.41, 5.74) is 1.91. The molecule has 0 bridgehead atoms. The Morgan fingerprint density at radius 2 is 1.67 bits per heavy atom. The van der Waals surface area contributed by atoms with Gasteiger partial charge in [0, 0.05) is 12.7 Å². The Bertz CT molecular complexity index is 1060. The highest BCUT2D eigenvalue weighted by Gasteiger charge is 2.27. The lowest BCUT2D eigenvalue weighted by Crippen LogP contribution is -2.30. The number of aromatic nitrogens is 1. The fourth-order valence-electron chi connectivity index (χ4n) is 2.58. The van der Waals surface area contributed by atoms with Crippen LogP contribution in [0.5, 0.6) is 0 Å². The molecular weight excluding hydrogens is 382 g/mol. The van der Waals surface area contributed by atoms with E-state index in [9.17, 15) is 8.42 Å². The van der Waals surface area contributed by atoms with E-state index in [1.165, 1.54) is 10.4 Å². The highest BCUT2D eigenvalue weighted by Crippen LogP contribution is 2.26. The van der Waals surface area contributed by atoms with Crippen LogP contribution in [0.1, 0.15) is 16.8 Å². The number of halogens is 1. The van der Waals surface area contributed by atoms with Crippen LogP contribution in [0.4, 0.5) is 0 Å². The van der Waals surface area contributed by atoms with E-state index >= 15 is 0 Å². The van der Waals surface area contributed by atoms with E-state index in [1.54, 1.807) is 60.8 Å². The molecule has 136 valence electrons. The van der Waals surface area contributed by atoms with Crippen LogP contribution < -0.4 is 0 Å². The number of benzene rings is 2. The smallest absolute Gasteiger partial charge is 0.245 e. The van der Waals surface area contributed by atoms with Gasteiger partial charge in [0.15, 0.2) is 0 Å². The Hall–Kier alpha value is -2.72. The fourth-order valence-corrected chi connectivity index (χ4v) is 4.47. The number of hydrogen-bond acceptors (Lipinski definition) is 4. The molecule has 0 fully saturated rings. The van der Waals surface area contributed by atoms with Crippen molar-refractivity contribution in [1.82, 2.24) is 9.29 Å². The monoisotopic (exact) mass is 397 g/mol. The first kappa shape index (κ1) is 19.1. The minimum absolute atomic E-state index is 0.0521. The fraction of sp³-hybridized carbons (Fsp3) is 0.100. The highest BCUT2D eigenvalue weighted by molar-refractivity contribution is 7.89. The van der Waals surface area contributed by atoms with E-state index in [0.717, 1.165) is 5.56 Å². The van der Waals surface area contributed by atoms with Crippen LogP contribution in [0.2, 0.25) is 5.02 Å². The second-order valence-electron chi connectivity index (χ2n) is 5.83. The number of nitriles is 1. The summed E-state index contributed by atoms with van der Waals surface area (Å²) in [5, 5.41) is 9.10. The summed E-state index contributed by atoms with van der Waals surface area (Å²) in [6, 6.07) is 20.6. The first-order valence-corrected chi connectivity index (χ1v) is 9.96. The van der Waals surface area contributed by atoms with Crippen LogP contribution >= 0.6 is 11.6 Å². The van der Waals surface area contributed by atoms with Gasteiger partial charge in [-0.2, -0.15) is 9.57 Å². The minimum Gasteiger partial charge on any atom is -0.260 e. The molecule has 0 aliphatic carbocycles. The van der Waals surface area contributed by atoms with Gasteiger partial charge in [0.05, 0.1) is 28.9 Å². The summed E-state index contributed by atoms with van der Waals surface area (Å²) >= 11 is 6.14. The van der Waals surface area contributed by atoms with Gasteiger partial charge in [0.2, 0.25) is 10.0 Å². The second-order valence-corrected chi connectivity index (χ2v) is 8.15. The van der Waals surface area contributed by atoms with Crippen LogP contribution in [0.15, 0.2) is 77.8 Å². The van der Waals surface area contributed by atoms with Crippen LogP contribution in [0.25, 0.3) is 0 Å². The van der Waals surface area contributed by atoms with Crippen LogP contribution in [-0.4, -0.2) is 17.7 Å². The third-order valence-electron chi connectivity index (χ3n) is 3.96. The minimum atomic E-state index is -3.85. The molecule has 5 nitrogen and oxygen atoms in total. The maximum Gasteiger partial charge on any atom is 0.245 e. The predicted molar refractivity (Wildman–Crippen MR) is 103 cm³/mol. The van der Waals surface area contributed by atoms with E-state index < -0.39 is 10.0 Å². The first-order valence-electron chi connectivity index (χ1n) is 8.14. The summed E-state index contributed by atoms with van der Waals surface area (Å²) in [7, 11) is -3.85. The number of hydrogen-bond donors (Lipinski definition) is 0. The van der Waals surface area contributed by atoms with Gasteiger partial charge < -0.3 is 0 Å². The molecule has 1 aromatic heterocycles. The number of pyridine rings is 1. The molecule has 0 radical (unpaired) electrons. The summed E-state index contributed by atoms with van der Waals surface area (Å²) in [5.74, 6) is 0. The Morgan fingerprint density at radius 1 is 0.963 bits per heavy atom.